The second-order valence-electron chi connectivity index (χ2n) is 5.62. The Kier molecular flexibility index (Phi) is 7.41. The van der Waals surface area contributed by atoms with Gasteiger partial charge in [0.2, 0.25) is 0 Å². The monoisotopic (exact) mass is 425 g/mol. The SMILES string of the molecule is Cc1cccc(C)c1OCC(=O)NNC(=S)NC(=O)c1cc(Cl)cc(Cl)c1. The van der Waals surface area contributed by atoms with Gasteiger partial charge in [-0.3, -0.25) is 25.8 Å². The van der Waals surface area contributed by atoms with Crippen LogP contribution in [-0.4, -0.2) is 23.5 Å². The van der Waals surface area contributed by atoms with E-state index >= 15 is 0 Å². The van der Waals surface area contributed by atoms with Gasteiger partial charge in [0.1, 0.15) is 5.75 Å². The number of hydrogen-bond acceptors (Lipinski definition) is 4. The molecule has 2 aromatic rings. The van der Waals surface area contributed by atoms with Gasteiger partial charge in [-0.25, -0.2) is 0 Å². The molecule has 0 aromatic heterocycles. The molecule has 2 rings (SSSR count). The molecule has 0 unspecified atom stereocenters. The Balaban J connectivity index is 1.81. The number of carbonyl (C=O) groups excluding carboxylic acids is 2. The second-order valence-corrected chi connectivity index (χ2v) is 6.91. The molecule has 0 radical (unpaired) electrons. The lowest BCUT2D eigenvalue weighted by molar-refractivity contribution is -0.123. The van der Waals surface area contributed by atoms with Gasteiger partial charge < -0.3 is 4.74 Å². The summed E-state index contributed by atoms with van der Waals surface area (Å²) >= 11 is 16.7. The highest BCUT2D eigenvalue weighted by Gasteiger charge is 2.11. The van der Waals surface area contributed by atoms with Crippen molar-refractivity contribution in [1.82, 2.24) is 16.2 Å². The van der Waals surface area contributed by atoms with Crippen LogP contribution in [0, 0.1) is 13.8 Å². The number of hydrogen-bond donors (Lipinski definition) is 3. The summed E-state index contributed by atoms with van der Waals surface area (Å²) in [7, 11) is 0. The van der Waals surface area contributed by atoms with Gasteiger partial charge in [-0.15, -0.1) is 0 Å². The van der Waals surface area contributed by atoms with E-state index < -0.39 is 11.8 Å². The summed E-state index contributed by atoms with van der Waals surface area (Å²) < 4.78 is 5.53. The van der Waals surface area contributed by atoms with Gasteiger partial charge >= 0.3 is 0 Å². The second kappa shape index (κ2) is 9.55. The first-order valence-corrected chi connectivity index (χ1v) is 8.98. The largest absolute Gasteiger partial charge is 0.483 e. The molecule has 0 saturated heterocycles. The number of rotatable bonds is 4. The van der Waals surface area contributed by atoms with E-state index in [0.29, 0.717) is 15.8 Å². The van der Waals surface area contributed by atoms with E-state index in [4.69, 9.17) is 40.2 Å². The zero-order valence-corrected chi connectivity index (χ0v) is 16.9. The Morgan fingerprint density at radius 2 is 1.63 bits per heavy atom. The number of aryl methyl sites for hydroxylation is 2. The van der Waals surface area contributed by atoms with Crippen LogP contribution >= 0.6 is 35.4 Å². The fourth-order valence-electron chi connectivity index (χ4n) is 2.22. The van der Waals surface area contributed by atoms with Crippen molar-refractivity contribution in [3.8, 4) is 5.75 Å². The molecule has 2 aromatic carbocycles. The highest BCUT2D eigenvalue weighted by molar-refractivity contribution is 7.80. The Bertz CT molecular complexity index is 850. The highest BCUT2D eigenvalue weighted by Crippen LogP contribution is 2.22. The predicted molar refractivity (Wildman–Crippen MR) is 109 cm³/mol. The molecule has 0 aliphatic heterocycles. The number of ether oxygens (including phenoxy) is 1. The summed E-state index contributed by atoms with van der Waals surface area (Å²) in [4.78, 5) is 24.0. The van der Waals surface area contributed by atoms with Crippen molar-refractivity contribution >= 4 is 52.3 Å². The summed E-state index contributed by atoms with van der Waals surface area (Å²) in [5.41, 5.74) is 6.88. The molecule has 9 heteroatoms. The summed E-state index contributed by atoms with van der Waals surface area (Å²) in [5, 5.41) is 2.97. The lowest BCUT2D eigenvalue weighted by Gasteiger charge is -2.13. The van der Waals surface area contributed by atoms with Gasteiger partial charge in [0, 0.05) is 15.6 Å². The van der Waals surface area contributed by atoms with Crippen LogP contribution in [0.15, 0.2) is 36.4 Å². The van der Waals surface area contributed by atoms with Crippen molar-refractivity contribution < 1.29 is 14.3 Å². The van der Waals surface area contributed by atoms with Gasteiger partial charge in [0.05, 0.1) is 0 Å². The number of halogens is 2. The number of nitrogens with one attached hydrogen (secondary N) is 3. The van der Waals surface area contributed by atoms with Crippen LogP contribution in [0.3, 0.4) is 0 Å². The maximum atomic E-state index is 12.1. The molecule has 142 valence electrons. The molecule has 0 aliphatic carbocycles. The standard InChI is InChI=1S/C18H17Cl2N3O3S/c1-10-4-3-5-11(2)16(10)26-9-15(24)22-23-18(27)21-17(25)12-6-13(19)8-14(20)7-12/h3-8H,9H2,1-2H3,(H,22,24)(H2,21,23,25,27). The Morgan fingerprint density at radius 1 is 1.04 bits per heavy atom. The molecule has 0 bridgehead atoms. The topological polar surface area (TPSA) is 79.5 Å². The number of benzene rings is 2. The molecule has 0 heterocycles. The van der Waals surface area contributed by atoms with Gasteiger partial charge in [0.15, 0.2) is 11.7 Å². The maximum Gasteiger partial charge on any atom is 0.276 e. The third kappa shape index (κ3) is 6.39. The quantitative estimate of drug-likeness (QED) is 0.517. The minimum Gasteiger partial charge on any atom is -0.483 e. The highest BCUT2D eigenvalue weighted by atomic mass is 35.5. The van der Waals surface area contributed by atoms with Crippen LogP contribution in [0.25, 0.3) is 0 Å². The maximum absolute atomic E-state index is 12.1. The first-order valence-electron chi connectivity index (χ1n) is 7.81. The average molecular weight is 426 g/mol. The van der Waals surface area contributed by atoms with Gasteiger partial charge in [-0.1, -0.05) is 41.4 Å². The number of carbonyl (C=O) groups is 2. The molecule has 0 aliphatic rings. The molecular formula is C18H17Cl2N3O3S. The zero-order chi connectivity index (χ0) is 20.0. The molecule has 0 atom stereocenters. The summed E-state index contributed by atoms with van der Waals surface area (Å²) in [6.45, 7) is 3.58. The van der Waals surface area contributed by atoms with Crippen molar-refractivity contribution in [3.63, 3.8) is 0 Å². The molecular weight excluding hydrogens is 409 g/mol. The molecule has 6 nitrogen and oxygen atoms in total. The van der Waals surface area contributed by atoms with Crippen LogP contribution in [-0.2, 0) is 4.79 Å². The van der Waals surface area contributed by atoms with Crippen LogP contribution in [0.1, 0.15) is 21.5 Å². The van der Waals surface area contributed by atoms with Crippen LogP contribution < -0.4 is 20.9 Å². The lowest BCUT2D eigenvalue weighted by Crippen LogP contribution is -2.49. The van der Waals surface area contributed by atoms with E-state index in [1.807, 2.05) is 32.0 Å². The third-order valence-electron chi connectivity index (χ3n) is 3.42. The van der Waals surface area contributed by atoms with Crippen molar-refractivity contribution in [3.05, 3.63) is 63.1 Å². The van der Waals surface area contributed by atoms with Crippen LogP contribution in [0.4, 0.5) is 0 Å². The zero-order valence-electron chi connectivity index (χ0n) is 14.6. The van der Waals surface area contributed by atoms with Gasteiger partial charge in [-0.2, -0.15) is 0 Å². The van der Waals surface area contributed by atoms with Crippen molar-refractivity contribution in [1.29, 1.82) is 0 Å². The predicted octanol–water partition coefficient (Wildman–Crippen LogP) is 3.32. The van der Waals surface area contributed by atoms with Crippen molar-refractivity contribution in [2.24, 2.45) is 0 Å². The smallest absolute Gasteiger partial charge is 0.276 e. The number of para-hydroxylation sites is 1. The number of amides is 2. The van der Waals surface area contributed by atoms with Crippen molar-refractivity contribution in [2.75, 3.05) is 6.61 Å². The van der Waals surface area contributed by atoms with Crippen LogP contribution in [0.2, 0.25) is 10.0 Å². The number of hydrazine groups is 1. The van der Waals surface area contributed by atoms with Crippen LogP contribution in [0.5, 0.6) is 5.75 Å². The molecule has 0 saturated carbocycles. The van der Waals surface area contributed by atoms with Crippen molar-refractivity contribution in [2.45, 2.75) is 13.8 Å². The minimum absolute atomic E-state index is 0.0866. The molecule has 0 fully saturated rings. The molecule has 27 heavy (non-hydrogen) atoms. The average Bonchev–Trinajstić information content (AvgIpc) is 2.58. The lowest BCUT2D eigenvalue weighted by atomic mass is 10.1. The van der Waals surface area contributed by atoms with Gasteiger partial charge in [0.25, 0.3) is 11.8 Å². The fourth-order valence-corrected chi connectivity index (χ4v) is 2.89. The summed E-state index contributed by atoms with van der Waals surface area (Å²) in [6, 6.07) is 10.1. The normalized spacial score (nSPS) is 10.1. The first kappa shape index (κ1) is 21.0. The Labute approximate surface area is 172 Å². The third-order valence-corrected chi connectivity index (χ3v) is 4.06. The molecule has 3 N–H and O–H groups in total. The Hall–Kier alpha value is -2.35. The minimum atomic E-state index is -0.516. The Morgan fingerprint density at radius 3 is 2.22 bits per heavy atom. The summed E-state index contributed by atoms with van der Waals surface area (Å²) in [6.07, 6.45) is 0. The van der Waals surface area contributed by atoms with E-state index in [1.54, 1.807) is 0 Å². The van der Waals surface area contributed by atoms with E-state index in [1.165, 1.54) is 18.2 Å². The van der Waals surface area contributed by atoms with Gasteiger partial charge in [-0.05, 0) is 55.4 Å². The molecule has 0 spiro atoms. The van der Waals surface area contributed by atoms with E-state index in [-0.39, 0.29) is 17.3 Å². The fraction of sp³-hybridized carbons (Fsp3) is 0.167. The number of thiocarbonyl (C=S) groups is 1. The molecule has 2 amide bonds. The van der Waals surface area contributed by atoms with E-state index in [9.17, 15) is 9.59 Å². The van der Waals surface area contributed by atoms with E-state index in [0.717, 1.165) is 11.1 Å². The van der Waals surface area contributed by atoms with E-state index in [2.05, 4.69) is 16.2 Å². The first-order chi connectivity index (χ1) is 12.8. The summed E-state index contributed by atoms with van der Waals surface area (Å²) in [5.74, 6) is -0.320.